The minimum absolute atomic E-state index is 0.579. The molecule has 4 aromatic rings. The van der Waals surface area contributed by atoms with Crippen LogP contribution in [0.3, 0.4) is 0 Å². The van der Waals surface area contributed by atoms with Crippen LogP contribution in [-0.2, 0) is 13.5 Å². The van der Waals surface area contributed by atoms with E-state index in [0.717, 1.165) is 16.5 Å². The normalized spacial score (nSPS) is 15.9. The van der Waals surface area contributed by atoms with Crippen molar-refractivity contribution in [1.82, 2.24) is 9.55 Å². The van der Waals surface area contributed by atoms with Crippen molar-refractivity contribution in [3.63, 3.8) is 0 Å². The maximum Gasteiger partial charge on any atom is 0.339 e. The van der Waals surface area contributed by atoms with Crippen LogP contribution in [0.15, 0.2) is 47.1 Å². The van der Waals surface area contributed by atoms with Gasteiger partial charge in [-0.05, 0) is 12.1 Å². The lowest BCUT2D eigenvalue weighted by Gasteiger charge is -1.94. The van der Waals surface area contributed by atoms with E-state index < -0.39 is 6.98 Å². The summed E-state index contributed by atoms with van der Waals surface area (Å²) in [5.74, 6) is 0.674. The third-order valence-electron chi connectivity index (χ3n) is 3.97. The predicted octanol–water partition coefficient (Wildman–Crippen LogP) is 2.64. The van der Waals surface area contributed by atoms with Crippen LogP contribution in [0, 0.1) is 0 Å². The number of aromatic nitrogens is 3. The summed E-state index contributed by atoms with van der Waals surface area (Å²) in [6, 6.07) is 9.66. The first-order chi connectivity index (χ1) is 11.1. The van der Waals surface area contributed by atoms with Gasteiger partial charge in [0, 0.05) is 11.8 Å². The number of hydrogen-bond acceptors (Lipinski definition) is 2. The number of nitrogens with zero attached hydrogens (tertiary/aromatic N) is 3. The van der Waals surface area contributed by atoms with Crippen molar-refractivity contribution in [2.24, 2.45) is 6.98 Å². The lowest BCUT2D eigenvalue weighted by atomic mass is 10.1. The minimum atomic E-state index is -2.30. The molecule has 96 valence electrons. The van der Waals surface area contributed by atoms with Crippen LogP contribution >= 0.6 is 0 Å². The van der Waals surface area contributed by atoms with Crippen molar-refractivity contribution >= 4 is 22.2 Å². The highest BCUT2D eigenvalue weighted by Crippen LogP contribution is 2.34. The molecule has 0 unspecified atom stereocenters. The van der Waals surface area contributed by atoms with Gasteiger partial charge in [0.15, 0.2) is 5.58 Å². The number of aryl methyl sites for hydroxylation is 1. The summed E-state index contributed by atoms with van der Waals surface area (Å²) in [5, 5.41) is 0.769. The quantitative estimate of drug-likeness (QED) is 0.403. The molecular weight excluding hydrogens is 250 g/mol. The summed E-state index contributed by atoms with van der Waals surface area (Å²) < 4.78 is 33.3. The highest BCUT2D eigenvalue weighted by atomic mass is 16.3. The van der Waals surface area contributed by atoms with E-state index in [2.05, 4.69) is 4.98 Å². The Hall–Kier alpha value is -2.62. The lowest BCUT2D eigenvalue weighted by Crippen LogP contribution is -2.31. The fraction of sp³-hybridized carbons (Fsp3) is 0.125. The summed E-state index contributed by atoms with van der Waals surface area (Å²) in [5.41, 5.74) is 3.82. The Kier molecular flexibility index (Phi) is 1.29. The highest BCUT2D eigenvalue weighted by Gasteiger charge is 2.35. The molecule has 0 amide bonds. The molecule has 0 saturated carbocycles. The van der Waals surface area contributed by atoms with E-state index >= 15 is 0 Å². The van der Waals surface area contributed by atoms with Gasteiger partial charge in [-0.15, -0.1) is 0 Å². The molecule has 0 N–H and O–H groups in total. The zero-order valence-electron chi connectivity index (χ0n) is 13.5. The van der Waals surface area contributed by atoms with Crippen LogP contribution in [0.25, 0.3) is 33.6 Å². The van der Waals surface area contributed by atoms with Crippen LogP contribution in [0.5, 0.6) is 0 Å². The number of rotatable bonds is 0. The second-order valence-electron chi connectivity index (χ2n) is 5.03. The summed E-state index contributed by atoms with van der Waals surface area (Å²) in [7, 11) is 0. The second-order valence-corrected chi connectivity index (χ2v) is 5.03. The molecule has 0 saturated heterocycles. The van der Waals surface area contributed by atoms with E-state index in [-0.39, 0.29) is 0 Å². The van der Waals surface area contributed by atoms with Crippen LogP contribution in [0.2, 0.25) is 0 Å². The van der Waals surface area contributed by atoms with Gasteiger partial charge in [-0.2, -0.15) is 4.57 Å². The van der Waals surface area contributed by atoms with E-state index in [1.165, 1.54) is 4.57 Å². The first-order valence-electron chi connectivity index (χ1n) is 7.95. The van der Waals surface area contributed by atoms with E-state index in [9.17, 15) is 0 Å². The third kappa shape index (κ3) is 1.04. The van der Waals surface area contributed by atoms with Crippen LogP contribution in [0.4, 0.5) is 0 Å². The summed E-state index contributed by atoms with van der Waals surface area (Å²) in [6.07, 6.45) is 3.27. The number of pyridine rings is 1. The summed E-state index contributed by atoms with van der Waals surface area (Å²) in [6.45, 7) is -1.69. The van der Waals surface area contributed by atoms with E-state index in [0.29, 0.717) is 29.2 Å². The average molecular weight is 265 g/mol. The number of imidazole rings is 1. The molecule has 4 heteroatoms. The van der Waals surface area contributed by atoms with Crippen LogP contribution in [-0.4, -0.2) is 9.55 Å². The van der Waals surface area contributed by atoms with Gasteiger partial charge in [0.25, 0.3) is 5.82 Å². The fourth-order valence-electron chi connectivity index (χ4n) is 3.11. The van der Waals surface area contributed by atoms with Gasteiger partial charge in [-0.3, -0.25) is 4.98 Å². The van der Waals surface area contributed by atoms with E-state index in [1.807, 2.05) is 28.8 Å². The van der Waals surface area contributed by atoms with E-state index in [1.54, 1.807) is 18.5 Å². The number of hydrogen-bond donors (Lipinski definition) is 0. The Morgan fingerprint density at radius 3 is 3.25 bits per heavy atom. The van der Waals surface area contributed by atoms with Crippen molar-refractivity contribution < 1.29 is 13.1 Å². The summed E-state index contributed by atoms with van der Waals surface area (Å²) in [4.78, 5) is 4.06. The summed E-state index contributed by atoms with van der Waals surface area (Å²) >= 11 is 0. The molecule has 5 rings (SSSR count). The van der Waals surface area contributed by atoms with E-state index in [4.69, 9.17) is 8.53 Å². The Morgan fingerprint density at radius 2 is 2.30 bits per heavy atom. The first-order valence-corrected chi connectivity index (χ1v) is 6.45. The SMILES string of the molecule is [2H]C([2H])([2H])n1c2[n+](c3oc4cnccc4c31)Cc1ccccc1-2. The lowest BCUT2D eigenvalue weighted by molar-refractivity contribution is -0.652. The Bertz CT molecular complexity index is 1090. The van der Waals surface area contributed by atoms with Crippen molar-refractivity contribution in [3.8, 4) is 11.4 Å². The molecule has 3 aromatic heterocycles. The zero-order chi connectivity index (χ0) is 15.8. The predicted molar refractivity (Wildman–Crippen MR) is 75.2 cm³/mol. The standard InChI is InChI=1S/C16H12N3O/c1-18-14-12-6-7-17-8-13(12)20-16(14)19-9-10-4-2-3-5-11(10)15(18)19/h2-8H,9H2,1H3/q+1/i1D3. The second kappa shape index (κ2) is 3.28. The molecule has 0 fully saturated rings. The van der Waals surface area contributed by atoms with Gasteiger partial charge in [-0.25, -0.2) is 4.57 Å². The molecule has 4 nitrogen and oxygen atoms in total. The van der Waals surface area contributed by atoms with Gasteiger partial charge < -0.3 is 4.42 Å². The third-order valence-corrected chi connectivity index (χ3v) is 3.97. The topological polar surface area (TPSA) is 34.8 Å². The zero-order valence-corrected chi connectivity index (χ0v) is 10.5. The Balaban J connectivity index is 2.01. The Morgan fingerprint density at radius 1 is 1.35 bits per heavy atom. The molecule has 20 heavy (non-hydrogen) atoms. The van der Waals surface area contributed by atoms with Crippen molar-refractivity contribution in [2.75, 3.05) is 0 Å². The average Bonchev–Trinajstić information content (AvgIpc) is 3.13. The molecular formula is C16H12N3O+. The molecule has 0 atom stereocenters. The fourth-order valence-corrected chi connectivity index (χ4v) is 3.11. The number of fused-ring (bicyclic) bond motifs is 7. The van der Waals surface area contributed by atoms with Gasteiger partial charge in [0.05, 0.1) is 28.2 Å². The van der Waals surface area contributed by atoms with Gasteiger partial charge >= 0.3 is 5.71 Å². The van der Waals surface area contributed by atoms with Gasteiger partial charge in [-0.1, -0.05) is 18.2 Å². The van der Waals surface area contributed by atoms with Gasteiger partial charge in [0.2, 0.25) is 5.52 Å². The smallest absolute Gasteiger partial charge is 0.339 e. The van der Waals surface area contributed by atoms with Crippen molar-refractivity contribution in [2.45, 2.75) is 6.54 Å². The van der Waals surface area contributed by atoms with Crippen LogP contribution in [0.1, 0.15) is 9.68 Å². The maximum atomic E-state index is 8.02. The molecule has 1 aliphatic heterocycles. The molecule has 0 spiro atoms. The molecule has 0 radical (unpaired) electrons. The first kappa shape index (κ1) is 7.85. The minimum Gasteiger partial charge on any atom is -0.417 e. The largest absolute Gasteiger partial charge is 0.417 e. The highest BCUT2D eigenvalue weighted by molar-refractivity contribution is 6.01. The Labute approximate surface area is 119 Å². The maximum absolute atomic E-state index is 8.02. The molecule has 0 bridgehead atoms. The monoisotopic (exact) mass is 265 g/mol. The van der Waals surface area contributed by atoms with Crippen molar-refractivity contribution in [1.29, 1.82) is 0 Å². The van der Waals surface area contributed by atoms with Crippen molar-refractivity contribution in [3.05, 3.63) is 48.3 Å². The number of furan rings is 1. The van der Waals surface area contributed by atoms with Gasteiger partial charge in [0.1, 0.15) is 6.54 Å². The van der Waals surface area contributed by atoms with Crippen LogP contribution < -0.4 is 4.57 Å². The molecule has 0 aliphatic carbocycles. The molecule has 1 aliphatic rings. The number of benzene rings is 1. The molecule has 4 heterocycles. The molecule has 1 aromatic carbocycles.